The molecule has 0 radical (unpaired) electrons. The molecule has 2 aliphatic rings. The predicted octanol–water partition coefficient (Wildman–Crippen LogP) is 4.37. The van der Waals surface area contributed by atoms with E-state index < -0.39 is 0 Å². The highest BCUT2D eigenvalue weighted by molar-refractivity contribution is 7.23. The zero-order valence-electron chi connectivity index (χ0n) is 18.3. The summed E-state index contributed by atoms with van der Waals surface area (Å²) in [5.41, 5.74) is 2.74. The molecule has 2 aliphatic heterocycles. The molecule has 0 spiro atoms. The molecule has 1 amide bonds. The Morgan fingerprint density at radius 2 is 2.03 bits per heavy atom. The van der Waals surface area contributed by atoms with Crippen molar-refractivity contribution in [2.45, 2.75) is 6.92 Å². The van der Waals surface area contributed by atoms with Gasteiger partial charge in [0, 0.05) is 32.3 Å². The molecule has 0 N–H and O–H groups in total. The Bertz CT molecular complexity index is 1170. The molecule has 0 aliphatic carbocycles. The fourth-order valence-corrected chi connectivity index (χ4v) is 5.19. The molecule has 1 aromatic heterocycles. The molecule has 1 fully saturated rings. The van der Waals surface area contributed by atoms with Crippen molar-refractivity contribution >= 4 is 50.3 Å². The summed E-state index contributed by atoms with van der Waals surface area (Å²) in [4.78, 5) is 22.2. The van der Waals surface area contributed by atoms with E-state index in [2.05, 4.69) is 4.90 Å². The summed E-state index contributed by atoms with van der Waals surface area (Å²) in [6.45, 7) is 6.65. The minimum Gasteiger partial charge on any atom is -0.454 e. The monoisotopic (exact) mass is 485 g/mol. The number of benzene rings is 2. The number of anilines is 1. The number of thiazole rings is 1. The second kappa shape index (κ2) is 9.69. The summed E-state index contributed by atoms with van der Waals surface area (Å²) in [6, 6.07) is 9.44. The maximum absolute atomic E-state index is 13.3. The van der Waals surface area contributed by atoms with Crippen molar-refractivity contribution in [1.29, 1.82) is 0 Å². The fraction of sp³-hybridized carbons (Fsp3) is 0.333. The zero-order valence-corrected chi connectivity index (χ0v) is 19.8. The number of hydrogen-bond acceptors (Lipinski definition) is 7. The number of rotatable bonds is 6. The first-order valence-electron chi connectivity index (χ1n) is 10.8. The Hall–Kier alpha value is -2.65. The van der Waals surface area contributed by atoms with Gasteiger partial charge in [-0.25, -0.2) is 4.98 Å². The molecule has 9 heteroatoms. The minimum atomic E-state index is -0.131. The average Bonchev–Trinajstić information content (AvgIpc) is 3.49. The van der Waals surface area contributed by atoms with Crippen molar-refractivity contribution in [3.63, 3.8) is 0 Å². The van der Waals surface area contributed by atoms with E-state index >= 15 is 0 Å². The summed E-state index contributed by atoms with van der Waals surface area (Å²) in [5.74, 6) is 1.27. The lowest BCUT2D eigenvalue weighted by Crippen LogP contribution is -2.42. The van der Waals surface area contributed by atoms with Crippen LogP contribution in [0.3, 0.4) is 0 Å². The maximum atomic E-state index is 13.3. The van der Waals surface area contributed by atoms with Crippen LogP contribution in [-0.4, -0.2) is 62.0 Å². The second-order valence-electron chi connectivity index (χ2n) is 7.93. The molecular weight excluding hydrogens is 462 g/mol. The number of fused-ring (bicyclic) bond motifs is 2. The summed E-state index contributed by atoms with van der Waals surface area (Å²) >= 11 is 7.87. The summed E-state index contributed by atoms with van der Waals surface area (Å²) in [7, 11) is 0. The third kappa shape index (κ3) is 4.84. The van der Waals surface area contributed by atoms with Gasteiger partial charge in [0.05, 0.1) is 28.5 Å². The normalized spacial score (nSPS) is 16.1. The van der Waals surface area contributed by atoms with Gasteiger partial charge in [0.1, 0.15) is 0 Å². The maximum Gasteiger partial charge on any atom is 0.252 e. The largest absolute Gasteiger partial charge is 0.454 e. The number of morpholine rings is 1. The first kappa shape index (κ1) is 22.2. The van der Waals surface area contributed by atoms with Crippen LogP contribution >= 0.6 is 22.9 Å². The molecule has 5 rings (SSSR count). The van der Waals surface area contributed by atoms with Gasteiger partial charge >= 0.3 is 0 Å². The van der Waals surface area contributed by atoms with Gasteiger partial charge in [0.15, 0.2) is 16.6 Å². The molecule has 1 saturated heterocycles. The molecule has 0 atom stereocenters. The van der Waals surface area contributed by atoms with E-state index in [0.29, 0.717) is 41.4 Å². The molecule has 0 saturated carbocycles. The van der Waals surface area contributed by atoms with Crippen LogP contribution in [-0.2, 0) is 9.53 Å². The van der Waals surface area contributed by atoms with Gasteiger partial charge in [-0.05, 0) is 42.3 Å². The second-order valence-corrected chi connectivity index (χ2v) is 9.31. The lowest BCUT2D eigenvalue weighted by Gasteiger charge is -2.28. The van der Waals surface area contributed by atoms with Crippen molar-refractivity contribution in [3.05, 3.63) is 52.6 Å². The number of aryl methyl sites for hydroxylation is 1. The van der Waals surface area contributed by atoms with Gasteiger partial charge in [-0.2, -0.15) is 0 Å². The van der Waals surface area contributed by atoms with Crippen LogP contribution in [0, 0.1) is 6.92 Å². The van der Waals surface area contributed by atoms with Crippen molar-refractivity contribution in [2.24, 2.45) is 0 Å². The molecule has 172 valence electrons. The van der Waals surface area contributed by atoms with Crippen molar-refractivity contribution in [1.82, 2.24) is 9.88 Å². The third-order valence-electron chi connectivity index (χ3n) is 5.74. The van der Waals surface area contributed by atoms with Crippen LogP contribution in [0.15, 0.2) is 36.4 Å². The van der Waals surface area contributed by atoms with E-state index in [-0.39, 0.29) is 12.7 Å². The molecule has 0 bridgehead atoms. The number of amides is 1. The molecule has 3 heterocycles. The number of carbonyl (C=O) groups is 1. The lowest BCUT2D eigenvalue weighted by molar-refractivity contribution is -0.114. The van der Waals surface area contributed by atoms with Gasteiger partial charge in [-0.15, -0.1) is 0 Å². The first-order chi connectivity index (χ1) is 16.1. The zero-order chi connectivity index (χ0) is 22.8. The fourth-order valence-electron chi connectivity index (χ4n) is 3.85. The topological polar surface area (TPSA) is 64.1 Å². The number of carbonyl (C=O) groups excluding carboxylic acids is 1. The minimum absolute atomic E-state index is 0.131. The molecule has 7 nitrogen and oxygen atoms in total. The SMILES string of the molecule is Cc1ccc(Cl)c2sc(N(CCN3CCOCC3)C(=O)/C=C/c3ccc4c(c3)OCO4)nc12. The number of aromatic nitrogens is 1. The Labute approximate surface area is 201 Å². The van der Waals surface area contributed by atoms with E-state index in [1.807, 2.05) is 37.3 Å². The van der Waals surface area contributed by atoms with Crippen LogP contribution in [0.2, 0.25) is 5.02 Å². The lowest BCUT2D eigenvalue weighted by atomic mass is 10.2. The summed E-state index contributed by atoms with van der Waals surface area (Å²) < 4.78 is 17.1. The van der Waals surface area contributed by atoms with Crippen molar-refractivity contribution in [3.8, 4) is 11.5 Å². The average molecular weight is 486 g/mol. The predicted molar refractivity (Wildman–Crippen MR) is 131 cm³/mol. The highest BCUT2D eigenvalue weighted by Gasteiger charge is 2.21. The third-order valence-corrected chi connectivity index (χ3v) is 7.28. The molecular formula is C24H24ClN3O4S. The molecule has 33 heavy (non-hydrogen) atoms. The van der Waals surface area contributed by atoms with E-state index in [0.717, 1.165) is 41.0 Å². The Balaban J connectivity index is 1.41. The number of nitrogens with zero attached hydrogens (tertiary/aromatic N) is 3. The van der Waals surface area contributed by atoms with Crippen LogP contribution in [0.5, 0.6) is 11.5 Å². The van der Waals surface area contributed by atoms with Gasteiger partial charge in [0.2, 0.25) is 6.79 Å². The first-order valence-corrected chi connectivity index (χ1v) is 12.0. The Morgan fingerprint density at radius 1 is 1.21 bits per heavy atom. The van der Waals surface area contributed by atoms with Crippen LogP contribution in [0.1, 0.15) is 11.1 Å². The highest BCUT2D eigenvalue weighted by Crippen LogP contribution is 2.36. The van der Waals surface area contributed by atoms with E-state index in [9.17, 15) is 4.79 Å². The number of hydrogen-bond donors (Lipinski definition) is 0. The van der Waals surface area contributed by atoms with Crippen molar-refractivity contribution in [2.75, 3.05) is 51.1 Å². The van der Waals surface area contributed by atoms with Crippen LogP contribution in [0.25, 0.3) is 16.3 Å². The van der Waals surface area contributed by atoms with Gasteiger partial charge in [-0.3, -0.25) is 14.6 Å². The van der Waals surface area contributed by atoms with Gasteiger partial charge < -0.3 is 14.2 Å². The standard InChI is InChI=1S/C24H24ClN3O4S/c1-16-2-5-18(25)23-22(16)26-24(33-23)28(9-8-27-10-12-30-13-11-27)21(29)7-4-17-3-6-19-20(14-17)32-15-31-19/h2-7,14H,8-13,15H2,1H3/b7-4+. The van der Waals surface area contributed by atoms with Crippen LogP contribution in [0.4, 0.5) is 5.13 Å². The van der Waals surface area contributed by atoms with Gasteiger partial charge in [0.25, 0.3) is 5.91 Å². The van der Waals surface area contributed by atoms with E-state index in [1.165, 1.54) is 11.3 Å². The Kier molecular flexibility index (Phi) is 6.50. The summed E-state index contributed by atoms with van der Waals surface area (Å²) in [5, 5.41) is 1.30. The quantitative estimate of drug-likeness (QED) is 0.483. The number of halogens is 1. The smallest absolute Gasteiger partial charge is 0.252 e. The van der Waals surface area contributed by atoms with Crippen molar-refractivity contribution < 1.29 is 19.0 Å². The Morgan fingerprint density at radius 3 is 2.85 bits per heavy atom. The van der Waals surface area contributed by atoms with E-state index in [1.54, 1.807) is 17.1 Å². The molecule has 3 aromatic rings. The highest BCUT2D eigenvalue weighted by atomic mass is 35.5. The summed E-state index contributed by atoms with van der Waals surface area (Å²) in [6.07, 6.45) is 3.37. The molecule has 2 aromatic carbocycles. The molecule has 0 unspecified atom stereocenters. The van der Waals surface area contributed by atoms with Crippen LogP contribution < -0.4 is 14.4 Å². The van der Waals surface area contributed by atoms with E-state index in [4.69, 9.17) is 30.8 Å². The van der Waals surface area contributed by atoms with Gasteiger partial charge in [-0.1, -0.05) is 35.1 Å². The number of ether oxygens (including phenoxy) is 3.